The normalized spacial score (nSPS) is 11.6. The van der Waals surface area contributed by atoms with Crippen molar-refractivity contribution in [3.63, 3.8) is 0 Å². The highest BCUT2D eigenvalue weighted by molar-refractivity contribution is 7.92. The summed E-state index contributed by atoms with van der Waals surface area (Å²) in [7, 11) is -4.03. The zero-order valence-electron chi connectivity index (χ0n) is 11.8. The number of H-pyrrole nitrogens is 2. The summed E-state index contributed by atoms with van der Waals surface area (Å²) in [5, 5.41) is -0.0999. The number of hydrogen-bond donors (Lipinski definition) is 3. The number of rotatable bonds is 3. The van der Waals surface area contributed by atoms with Crippen molar-refractivity contribution in [1.29, 1.82) is 0 Å². The van der Waals surface area contributed by atoms with Gasteiger partial charge < -0.3 is 9.97 Å². The van der Waals surface area contributed by atoms with E-state index in [1.54, 1.807) is 0 Å². The van der Waals surface area contributed by atoms with Crippen molar-refractivity contribution < 1.29 is 12.8 Å². The third kappa shape index (κ3) is 3.03. The van der Waals surface area contributed by atoms with Crippen LogP contribution in [0.25, 0.3) is 11.0 Å². The van der Waals surface area contributed by atoms with Gasteiger partial charge in [-0.15, -0.1) is 0 Å². The van der Waals surface area contributed by atoms with Gasteiger partial charge in [0, 0.05) is 0 Å². The van der Waals surface area contributed by atoms with Crippen molar-refractivity contribution >= 4 is 38.3 Å². The van der Waals surface area contributed by atoms with Crippen LogP contribution < -0.4 is 15.8 Å². The zero-order valence-corrected chi connectivity index (χ0v) is 13.3. The van der Waals surface area contributed by atoms with Gasteiger partial charge in [-0.25, -0.2) is 12.8 Å². The van der Waals surface area contributed by atoms with Crippen molar-refractivity contribution in [3.8, 4) is 0 Å². The molecule has 0 aliphatic rings. The molecule has 1 aromatic heterocycles. The Morgan fingerprint density at radius 1 is 0.958 bits per heavy atom. The minimum absolute atomic E-state index is 0.00752. The second-order valence-corrected chi connectivity index (χ2v) is 6.93. The van der Waals surface area contributed by atoms with Crippen LogP contribution in [0.1, 0.15) is 0 Å². The summed E-state index contributed by atoms with van der Waals surface area (Å²) in [5.41, 5.74) is -1.31. The molecular formula is C14H9ClFN3O4S. The molecule has 0 aliphatic carbocycles. The average Bonchev–Trinajstić information content (AvgIpc) is 2.51. The number of benzene rings is 2. The van der Waals surface area contributed by atoms with Gasteiger partial charge in [0.1, 0.15) is 5.82 Å². The highest BCUT2D eigenvalue weighted by atomic mass is 35.5. The molecule has 124 valence electrons. The maximum absolute atomic E-state index is 13.0. The van der Waals surface area contributed by atoms with Crippen LogP contribution in [0.4, 0.5) is 10.1 Å². The Morgan fingerprint density at radius 2 is 1.62 bits per heavy atom. The smallest absolute Gasteiger partial charge is 0.314 e. The quantitative estimate of drug-likeness (QED) is 0.611. The lowest BCUT2D eigenvalue weighted by Gasteiger charge is -2.10. The Bertz CT molecular complexity index is 1170. The van der Waals surface area contributed by atoms with Gasteiger partial charge in [-0.3, -0.25) is 14.3 Å². The van der Waals surface area contributed by atoms with Crippen LogP contribution in [0.15, 0.2) is 50.9 Å². The Kier molecular flexibility index (Phi) is 3.90. The first kappa shape index (κ1) is 16.2. The van der Waals surface area contributed by atoms with E-state index < -0.39 is 27.0 Å². The molecule has 3 aromatic rings. The number of hydrogen-bond acceptors (Lipinski definition) is 4. The van der Waals surface area contributed by atoms with E-state index in [4.69, 9.17) is 11.6 Å². The van der Waals surface area contributed by atoms with Crippen LogP contribution in [0.5, 0.6) is 0 Å². The molecule has 0 fully saturated rings. The lowest BCUT2D eigenvalue weighted by Crippen LogP contribution is -2.29. The predicted molar refractivity (Wildman–Crippen MR) is 87.4 cm³/mol. The van der Waals surface area contributed by atoms with Gasteiger partial charge in [0.05, 0.1) is 26.6 Å². The summed E-state index contributed by atoms with van der Waals surface area (Å²) in [6, 6.07) is 7.00. The van der Waals surface area contributed by atoms with Crippen molar-refractivity contribution in [2.45, 2.75) is 4.90 Å². The number of aromatic nitrogens is 2. The topological polar surface area (TPSA) is 112 Å². The Balaban J connectivity index is 2.06. The lowest BCUT2D eigenvalue weighted by atomic mass is 10.3. The number of sulfonamides is 1. The Hall–Kier alpha value is -2.65. The van der Waals surface area contributed by atoms with Gasteiger partial charge in [0.15, 0.2) is 0 Å². The molecule has 0 atom stereocenters. The molecule has 3 N–H and O–H groups in total. The van der Waals surface area contributed by atoms with E-state index in [2.05, 4.69) is 14.7 Å². The molecular weight excluding hydrogens is 361 g/mol. The van der Waals surface area contributed by atoms with E-state index in [1.165, 1.54) is 24.3 Å². The second kappa shape index (κ2) is 5.77. The molecule has 0 aliphatic heterocycles. The lowest BCUT2D eigenvalue weighted by molar-refractivity contribution is 0.601. The van der Waals surface area contributed by atoms with Gasteiger partial charge in [-0.05, 0) is 36.4 Å². The van der Waals surface area contributed by atoms with E-state index in [1.807, 2.05) is 0 Å². The van der Waals surface area contributed by atoms with Crippen LogP contribution in [0.3, 0.4) is 0 Å². The Labute approximate surface area is 139 Å². The molecule has 1 heterocycles. The molecule has 24 heavy (non-hydrogen) atoms. The maximum atomic E-state index is 13.0. The highest BCUT2D eigenvalue weighted by Crippen LogP contribution is 2.25. The number of halogens is 2. The SMILES string of the molecule is O=c1[nH]c2ccc(S(=O)(=O)Nc3ccc(F)cc3Cl)cc2[nH]c1=O. The van der Waals surface area contributed by atoms with Crippen molar-refractivity contribution in [2.75, 3.05) is 4.72 Å². The van der Waals surface area contributed by atoms with Crippen LogP contribution >= 0.6 is 11.6 Å². The molecule has 0 unspecified atom stereocenters. The average molecular weight is 370 g/mol. The third-order valence-corrected chi connectivity index (χ3v) is 4.86. The monoisotopic (exact) mass is 369 g/mol. The summed E-state index contributed by atoms with van der Waals surface area (Å²) in [5.74, 6) is -0.602. The fraction of sp³-hybridized carbons (Fsp3) is 0. The second-order valence-electron chi connectivity index (χ2n) is 4.85. The first-order chi connectivity index (χ1) is 11.3. The van der Waals surface area contributed by atoms with Gasteiger partial charge in [0.2, 0.25) is 0 Å². The van der Waals surface area contributed by atoms with Crippen molar-refractivity contribution in [3.05, 3.63) is 67.9 Å². The maximum Gasteiger partial charge on any atom is 0.314 e. The molecule has 3 rings (SSSR count). The van der Waals surface area contributed by atoms with Crippen molar-refractivity contribution in [1.82, 2.24) is 9.97 Å². The molecule has 7 nitrogen and oxygen atoms in total. The van der Waals surface area contributed by atoms with Crippen LogP contribution in [0, 0.1) is 5.82 Å². The third-order valence-electron chi connectivity index (χ3n) is 3.18. The molecule has 0 saturated heterocycles. The Morgan fingerprint density at radius 3 is 2.29 bits per heavy atom. The van der Waals surface area contributed by atoms with E-state index in [0.29, 0.717) is 0 Å². The minimum Gasteiger partial charge on any atom is -0.316 e. The fourth-order valence-electron chi connectivity index (χ4n) is 2.04. The standard InChI is InChI=1S/C14H9ClFN3O4S/c15-9-5-7(16)1-3-10(9)19-24(22,23)8-2-4-11-12(6-8)18-14(21)13(20)17-11/h1-6,19H,(H,17,20)(H,18,21). The highest BCUT2D eigenvalue weighted by Gasteiger charge is 2.17. The predicted octanol–water partition coefficient (Wildman–Crippen LogP) is 1.81. The van der Waals surface area contributed by atoms with Gasteiger partial charge in [0.25, 0.3) is 10.0 Å². The van der Waals surface area contributed by atoms with E-state index in [-0.39, 0.29) is 26.6 Å². The van der Waals surface area contributed by atoms with E-state index in [0.717, 1.165) is 12.1 Å². The molecule has 0 spiro atoms. The molecule has 10 heteroatoms. The molecule has 0 radical (unpaired) electrons. The van der Waals surface area contributed by atoms with Crippen LogP contribution in [-0.2, 0) is 10.0 Å². The molecule has 0 bridgehead atoms. The fourth-order valence-corrected chi connectivity index (χ4v) is 3.41. The number of anilines is 1. The molecule has 0 saturated carbocycles. The van der Waals surface area contributed by atoms with E-state index in [9.17, 15) is 22.4 Å². The van der Waals surface area contributed by atoms with E-state index >= 15 is 0 Å². The summed E-state index contributed by atoms with van der Waals surface area (Å²) in [6.45, 7) is 0. The largest absolute Gasteiger partial charge is 0.316 e. The van der Waals surface area contributed by atoms with Crippen molar-refractivity contribution in [2.24, 2.45) is 0 Å². The first-order valence-corrected chi connectivity index (χ1v) is 8.36. The molecule has 2 aromatic carbocycles. The van der Waals surface area contributed by atoms with Gasteiger partial charge in [-0.1, -0.05) is 11.6 Å². The van der Waals surface area contributed by atoms with Gasteiger partial charge in [-0.2, -0.15) is 0 Å². The van der Waals surface area contributed by atoms with Crippen LogP contribution in [0.2, 0.25) is 5.02 Å². The number of aromatic amines is 2. The summed E-state index contributed by atoms with van der Waals surface area (Å²) >= 11 is 5.80. The van der Waals surface area contributed by atoms with Crippen LogP contribution in [-0.4, -0.2) is 18.4 Å². The molecule has 0 amide bonds. The minimum atomic E-state index is -4.03. The summed E-state index contributed by atoms with van der Waals surface area (Å²) < 4.78 is 40.1. The first-order valence-electron chi connectivity index (χ1n) is 6.50. The zero-order chi connectivity index (χ0) is 17.5. The van der Waals surface area contributed by atoms with Gasteiger partial charge >= 0.3 is 11.1 Å². The summed E-state index contributed by atoms with van der Waals surface area (Å²) in [6.07, 6.45) is 0. The number of nitrogens with one attached hydrogen (secondary N) is 3. The summed E-state index contributed by atoms with van der Waals surface area (Å²) in [4.78, 5) is 27.0. The number of fused-ring (bicyclic) bond motifs is 1.